The third kappa shape index (κ3) is 3.21. The van der Waals surface area contributed by atoms with Crippen LogP contribution in [0.3, 0.4) is 0 Å². The highest BCUT2D eigenvalue weighted by atomic mass is 19.1. The number of nitrogens with one attached hydrogen (secondary N) is 1. The van der Waals surface area contributed by atoms with E-state index in [-0.39, 0.29) is 41.0 Å². The largest absolute Gasteiger partial charge is 0.366 e. The lowest BCUT2D eigenvalue weighted by molar-refractivity contribution is 0.0730. The zero-order valence-corrected chi connectivity index (χ0v) is 15.9. The van der Waals surface area contributed by atoms with Crippen LogP contribution >= 0.6 is 0 Å². The lowest BCUT2D eigenvalue weighted by atomic mass is 10.0. The van der Waals surface area contributed by atoms with E-state index in [4.69, 9.17) is 0 Å². The van der Waals surface area contributed by atoms with Gasteiger partial charge in [-0.25, -0.2) is 9.07 Å². The number of halogens is 1. The molecule has 0 saturated carbocycles. The Morgan fingerprint density at radius 3 is 2.61 bits per heavy atom. The fourth-order valence-electron chi connectivity index (χ4n) is 3.66. The van der Waals surface area contributed by atoms with Gasteiger partial charge in [0, 0.05) is 26.2 Å². The molecule has 2 aromatic rings. The van der Waals surface area contributed by atoms with Crippen LogP contribution in [0, 0.1) is 11.7 Å². The van der Waals surface area contributed by atoms with Crippen molar-refractivity contribution in [2.45, 2.75) is 26.4 Å². The molecule has 1 fully saturated rings. The van der Waals surface area contributed by atoms with Gasteiger partial charge in [-0.2, -0.15) is 0 Å². The number of para-hydroxylation sites is 1. The average molecular weight is 386 g/mol. The van der Waals surface area contributed by atoms with E-state index in [0.717, 1.165) is 0 Å². The summed E-state index contributed by atoms with van der Waals surface area (Å²) < 4.78 is 15.5. The summed E-state index contributed by atoms with van der Waals surface area (Å²) in [5.74, 6) is -0.645. The van der Waals surface area contributed by atoms with E-state index >= 15 is 0 Å². The van der Waals surface area contributed by atoms with E-state index in [2.05, 4.69) is 15.6 Å². The second-order valence-corrected chi connectivity index (χ2v) is 7.52. The second kappa shape index (κ2) is 7.21. The molecule has 1 aromatic carbocycles. The smallest absolute Gasteiger partial charge is 0.277 e. The van der Waals surface area contributed by atoms with Crippen molar-refractivity contribution in [3.8, 4) is 0 Å². The predicted octanol–water partition coefficient (Wildman–Crippen LogP) is 1.15. The molecule has 0 aliphatic carbocycles. The number of anilines is 1. The number of fused-ring (bicyclic) bond motifs is 1. The maximum absolute atomic E-state index is 14.0. The minimum absolute atomic E-state index is 0.0334. The molecule has 1 saturated heterocycles. The number of carbonyl (C=O) groups excluding carboxylic acids is 2. The van der Waals surface area contributed by atoms with Crippen molar-refractivity contribution in [1.29, 1.82) is 0 Å². The van der Waals surface area contributed by atoms with Gasteiger partial charge in [-0.3, -0.25) is 9.59 Å². The van der Waals surface area contributed by atoms with Gasteiger partial charge in [-0.15, -0.1) is 5.10 Å². The molecule has 1 atom stereocenters. The quantitative estimate of drug-likeness (QED) is 0.856. The molecule has 28 heavy (non-hydrogen) atoms. The number of rotatable bonds is 3. The number of hydrogen-bond acceptors (Lipinski definition) is 5. The van der Waals surface area contributed by atoms with Crippen LogP contribution in [0.2, 0.25) is 0 Å². The molecule has 9 heteroatoms. The maximum Gasteiger partial charge on any atom is 0.277 e. The minimum Gasteiger partial charge on any atom is -0.366 e. The lowest BCUT2D eigenvalue weighted by Gasteiger charge is -2.36. The fraction of sp³-hybridized carbons (Fsp3) is 0.474. The normalized spacial score (nSPS) is 19.6. The van der Waals surface area contributed by atoms with Crippen molar-refractivity contribution < 1.29 is 14.0 Å². The third-order valence-electron chi connectivity index (χ3n) is 5.40. The Morgan fingerprint density at radius 1 is 1.21 bits per heavy atom. The molecule has 148 valence electrons. The van der Waals surface area contributed by atoms with Crippen LogP contribution in [0.15, 0.2) is 24.3 Å². The minimum atomic E-state index is -0.316. The van der Waals surface area contributed by atoms with E-state index in [9.17, 15) is 14.0 Å². The number of amides is 2. The Morgan fingerprint density at radius 2 is 1.93 bits per heavy atom. The maximum atomic E-state index is 14.0. The monoisotopic (exact) mass is 386 g/mol. The average Bonchev–Trinajstić information content (AvgIpc) is 3.12. The van der Waals surface area contributed by atoms with Crippen molar-refractivity contribution in [3.05, 3.63) is 41.5 Å². The van der Waals surface area contributed by atoms with Crippen LogP contribution in [-0.4, -0.2) is 63.9 Å². The van der Waals surface area contributed by atoms with Gasteiger partial charge in [0.05, 0.1) is 18.3 Å². The summed E-state index contributed by atoms with van der Waals surface area (Å²) in [6.07, 6.45) is 0. The van der Waals surface area contributed by atoms with Gasteiger partial charge in [0.2, 0.25) is 0 Å². The Kier molecular flexibility index (Phi) is 4.74. The van der Waals surface area contributed by atoms with Crippen LogP contribution in [-0.2, 0) is 6.54 Å². The highest BCUT2D eigenvalue weighted by Gasteiger charge is 2.35. The van der Waals surface area contributed by atoms with Crippen molar-refractivity contribution in [1.82, 2.24) is 25.2 Å². The summed E-state index contributed by atoms with van der Waals surface area (Å²) in [5.41, 5.74) is 0.840. The van der Waals surface area contributed by atoms with Crippen molar-refractivity contribution >= 4 is 17.5 Å². The van der Waals surface area contributed by atoms with Crippen LogP contribution in [0.25, 0.3) is 0 Å². The number of aromatic nitrogens is 3. The third-order valence-corrected chi connectivity index (χ3v) is 5.40. The first kappa shape index (κ1) is 18.4. The molecule has 2 amide bonds. The Balaban J connectivity index is 1.47. The first-order valence-electron chi connectivity index (χ1n) is 9.49. The highest BCUT2D eigenvalue weighted by molar-refractivity contribution is 6.05. The van der Waals surface area contributed by atoms with Crippen molar-refractivity contribution in [3.63, 3.8) is 0 Å². The summed E-state index contributed by atoms with van der Waals surface area (Å²) in [5, 5.41) is 11.0. The molecule has 1 N–H and O–H groups in total. The zero-order valence-electron chi connectivity index (χ0n) is 15.9. The SMILES string of the molecule is CC(C)C1Cn2nnc(C(=O)N3CCN(c4ccccc4F)CC3)c2C(=O)N1. The van der Waals surface area contributed by atoms with Crippen molar-refractivity contribution in [2.75, 3.05) is 31.1 Å². The lowest BCUT2D eigenvalue weighted by Crippen LogP contribution is -2.50. The molecule has 2 aliphatic heterocycles. The van der Waals surface area contributed by atoms with Crippen LogP contribution in [0.5, 0.6) is 0 Å². The number of hydrogen-bond donors (Lipinski definition) is 1. The van der Waals surface area contributed by atoms with Crippen molar-refractivity contribution in [2.24, 2.45) is 5.92 Å². The highest BCUT2D eigenvalue weighted by Crippen LogP contribution is 2.22. The standard InChI is InChI=1S/C19H23FN6O2/c1-12(2)14-11-26-17(18(27)21-14)16(22-23-26)19(28)25-9-7-24(8-10-25)15-6-4-3-5-13(15)20/h3-6,12,14H,7-11H2,1-2H3,(H,21,27). The van der Waals surface area contributed by atoms with Crippen LogP contribution in [0.4, 0.5) is 10.1 Å². The second-order valence-electron chi connectivity index (χ2n) is 7.52. The van der Waals surface area contributed by atoms with E-state index in [1.54, 1.807) is 23.1 Å². The molecule has 0 radical (unpaired) electrons. The van der Waals surface area contributed by atoms with Gasteiger partial charge in [-0.05, 0) is 18.1 Å². The van der Waals surface area contributed by atoms with E-state index in [0.29, 0.717) is 38.4 Å². The van der Waals surface area contributed by atoms with Gasteiger partial charge in [-0.1, -0.05) is 31.2 Å². The van der Waals surface area contributed by atoms with Crippen LogP contribution in [0.1, 0.15) is 34.8 Å². The summed E-state index contributed by atoms with van der Waals surface area (Å²) in [4.78, 5) is 29.0. The Hall–Kier alpha value is -2.97. The molecule has 4 rings (SSSR count). The van der Waals surface area contributed by atoms with Gasteiger partial charge in [0.15, 0.2) is 11.4 Å². The van der Waals surface area contributed by atoms with Gasteiger partial charge in [0.1, 0.15) is 5.82 Å². The van der Waals surface area contributed by atoms with E-state index in [1.807, 2.05) is 18.7 Å². The number of benzene rings is 1. The van der Waals surface area contributed by atoms with Gasteiger partial charge in [0.25, 0.3) is 11.8 Å². The summed E-state index contributed by atoms with van der Waals surface area (Å²) >= 11 is 0. The topological polar surface area (TPSA) is 83.4 Å². The number of carbonyl (C=O) groups is 2. The Labute approximate surface area is 162 Å². The molecular formula is C19H23FN6O2. The predicted molar refractivity (Wildman–Crippen MR) is 101 cm³/mol. The molecule has 3 heterocycles. The summed E-state index contributed by atoms with van der Waals surface area (Å²) in [7, 11) is 0. The first-order valence-corrected chi connectivity index (χ1v) is 9.49. The molecule has 2 aliphatic rings. The summed E-state index contributed by atoms with van der Waals surface area (Å²) in [6.45, 7) is 6.42. The fourth-order valence-corrected chi connectivity index (χ4v) is 3.66. The molecule has 8 nitrogen and oxygen atoms in total. The number of nitrogens with zero attached hydrogens (tertiary/aromatic N) is 5. The molecule has 0 bridgehead atoms. The van der Waals surface area contributed by atoms with Gasteiger partial charge >= 0.3 is 0 Å². The van der Waals surface area contributed by atoms with Gasteiger partial charge < -0.3 is 15.1 Å². The van der Waals surface area contributed by atoms with E-state index in [1.165, 1.54) is 10.7 Å². The van der Waals surface area contributed by atoms with Crippen LogP contribution < -0.4 is 10.2 Å². The Bertz CT molecular complexity index is 904. The molecule has 1 aromatic heterocycles. The van der Waals surface area contributed by atoms with E-state index < -0.39 is 0 Å². The first-order chi connectivity index (χ1) is 13.5. The number of piperazine rings is 1. The molecular weight excluding hydrogens is 363 g/mol. The zero-order chi connectivity index (χ0) is 19.8. The summed E-state index contributed by atoms with van der Waals surface area (Å²) in [6, 6.07) is 6.58. The molecule has 1 unspecified atom stereocenters. The molecule has 0 spiro atoms.